The van der Waals surface area contributed by atoms with Gasteiger partial charge < -0.3 is 0 Å². The van der Waals surface area contributed by atoms with Gasteiger partial charge in [0.15, 0.2) is 0 Å². The Bertz CT molecular complexity index is 163. The fraction of sp³-hybridized carbons (Fsp3) is 0.667. The zero-order chi connectivity index (χ0) is 8.36. The molecule has 0 fully saturated rings. The SMILES string of the molecule is O=C(C[N+](=O)[O-])C(Cl)(Cl)Cl. The second kappa shape index (κ2) is 3.37. The molecule has 10 heavy (non-hydrogen) atoms. The summed E-state index contributed by atoms with van der Waals surface area (Å²) in [5.74, 6) is -1.04. The van der Waals surface area contributed by atoms with E-state index in [0.29, 0.717) is 0 Å². The standard InChI is InChI=1S/C3H2Cl3NO3/c4-3(5,6)2(8)1-7(9)10/h1H2. The molecule has 0 aromatic carbocycles. The Hall–Kier alpha value is -0.0600. The van der Waals surface area contributed by atoms with E-state index in [1.165, 1.54) is 0 Å². The van der Waals surface area contributed by atoms with Crippen molar-refractivity contribution in [2.75, 3.05) is 6.54 Å². The van der Waals surface area contributed by atoms with Crippen LogP contribution in [0.2, 0.25) is 0 Å². The summed E-state index contributed by atoms with van der Waals surface area (Å²) in [4.78, 5) is 19.2. The van der Waals surface area contributed by atoms with Gasteiger partial charge in [-0.1, -0.05) is 34.8 Å². The summed E-state index contributed by atoms with van der Waals surface area (Å²) in [6, 6.07) is 0. The lowest BCUT2D eigenvalue weighted by Crippen LogP contribution is -2.26. The maximum atomic E-state index is 10.4. The molecular weight excluding hydrogens is 204 g/mol. The van der Waals surface area contributed by atoms with Gasteiger partial charge in [-0.25, -0.2) is 0 Å². The first-order valence-electron chi connectivity index (χ1n) is 2.06. The van der Waals surface area contributed by atoms with E-state index in [1.54, 1.807) is 0 Å². The van der Waals surface area contributed by atoms with Crippen LogP contribution in [-0.4, -0.2) is 21.0 Å². The molecule has 0 saturated carbocycles. The molecule has 0 aliphatic rings. The molecule has 0 aliphatic carbocycles. The van der Waals surface area contributed by atoms with Crippen molar-refractivity contribution in [2.24, 2.45) is 0 Å². The number of rotatable bonds is 2. The topological polar surface area (TPSA) is 60.2 Å². The van der Waals surface area contributed by atoms with E-state index in [1.807, 2.05) is 0 Å². The highest BCUT2D eigenvalue weighted by Crippen LogP contribution is 2.26. The van der Waals surface area contributed by atoms with Crippen molar-refractivity contribution in [3.63, 3.8) is 0 Å². The van der Waals surface area contributed by atoms with E-state index >= 15 is 0 Å². The van der Waals surface area contributed by atoms with Gasteiger partial charge in [0.25, 0.3) is 16.1 Å². The Balaban J connectivity index is 3.99. The van der Waals surface area contributed by atoms with Crippen molar-refractivity contribution >= 4 is 40.6 Å². The van der Waals surface area contributed by atoms with E-state index in [0.717, 1.165) is 0 Å². The highest BCUT2D eigenvalue weighted by atomic mass is 35.6. The van der Waals surface area contributed by atoms with Crippen LogP contribution in [-0.2, 0) is 4.79 Å². The summed E-state index contributed by atoms with van der Waals surface area (Å²) in [5, 5.41) is 9.67. The number of ketones is 1. The van der Waals surface area contributed by atoms with Gasteiger partial charge in [0.1, 0.15) is 0 Å². The lowest BCUT2D eigenvalue weighted by atomic mass is 10.4. The third-order valence-electron chi connectivity index (χ3n) is 0.589. The van der Waals surface area contributed by atoms with Crippen LogP contribution in [0.15, 0.2) is 0 Å². The van der Waals surface area contributed by atoms with E-state index in [4.69, 9.17) is 34.8 Å². The van der Waals surface area contributed by atoms with Crippen molar-refractivity contribution in [1.29, 1.82) is 0 Å². The van der Waals surface area contributed by atoms with Crippen LogP contribution >= 0.6 is 34.8 Å². The normalized spacial score (nSPS) is 11.1. The third-order valence-corrected chi connectivity index (χ3v) is 1.22. The van der Waals surface area contributed by atoms with Crippen LogP contribution in [0.4, 0.5) is 0 Å². The molecule has 0 bridgehead atoms. The van der Waals surface area contributed by atoms with Crippen molar-refractivity contribution in [1.82, 2.24) is 0 Å². The molecule has 0 aliphatic heterocycles. The van der Waals surface area contributed by atoms with E-state index < -0.39 is 21.0 Å². The van der Waals surface area contributed by atoms with E-state index in [9.17, 15) is 14.9 Å². The predicted octanol–water partition coefficient (Wildman–Crippen LogP) is 1.20. The summed E-state index contributed by atoms with van der Waals surface area (Å²) < 4.78 is -2.17. The smallest absolute Gasteiger partial charge is 0.265 e. The van der Waals surface area contributed by atoms with Crippen LogP contribution in [0.25, 0.3) is 0 Å². The molecule has 58 valence electrons. The monoisotopic (exact) mass is 205 g/mol. The zero-order valence-corrected chi connectivity index (χ0v) is 6.78. The molecule has 0 spiro atoms. The number of Topliss-reactive ketones (excluding diaryl/α,β-unsaturated/α-hetero) is 1. The zero-order valence-electron chi connectivity index (χ0n) is 4.51. The summed E-state index contributed by atoms with van der Waals surface area (Å²) in [6.45, 7) is -0.962. The van der Waals surface area contributed by atoms with E-state index in [-0.39, 0.29) is 0 Å². The molecule has 0 rings (SSSR count). The predicted molar refractivity (Wildman–Crippen MR) is 37.2 cm³/mol. The maximum absolute atomic E-state index is 10.4. The summed E-state index contributed by atoms with van der Waals surface area (Å²) in [5.41, 5.74) is 0. The van der Waals surface area contributed by atoms with Crippen molar-refractivity contribution in [3.05, 3.63) is 10.1 Å². The van der Waals surface area contributed by atoms with Gasteiger partial charge >= 0.3 is 0 Å². The quantitative estimate of drug-likeness (QED) is 0.387. The minimum absolute atomic E-state index is 0.857. The number of carbonyl (C=O) groups excluding carboxylic acids is 1. The maximum Gasteiger partial charge on any atom is 0.265 e. The average molecular weight is 206 g/mol. The van der Waals surface area contributed by atoms with Crippen molar-refractivity contribution in [3.8, 4) is 0 Å². The second-order valence-corrected chi connectivity index (χ2v) is 3.69. The molecule has 0 unspecified atom stereocenters. The van der Waals surface area contributed by atoms with Crippen LogP contribution < -0.4 is 0 Å². The van der Waals surface area contributed by atoms with Crippen LogP contribution in [0.3, 0.4) is 0 Å². The van der Waals surface area contributed by atoms with Crippen LogP contribution in [0, 0.1) is 10.1 Å². The molecule has 4 nitrogen and oxygen atoms in total. The summed E-state index contributed by atoms with van der Waals surface area (Å²) >= 11 is 15.0. The van der Waals surface area contributed by atoms with Crippen molar-refractivity contribution in [2.45, 2.75) is 3.79 Å². The van der Waals surface area contributed by atoms with E-state index in [2.05, 4.69) is 0 Å². The number of nitrogens with zero attached hydrogens (tertiary/aromatic N) is 1. The molecule has 0 radical (unpaired) electrons. The van der Waals surface area contributed by atoms with Crippen LogP contribution in [0.1, 0.15) is 0 Å². The molecule has 0 amide bonds. The minimum atomic E-state index is -2.17. The molecular formula is C3H2Cl3NO3. The Labute approximate surface area is 71.2 Å². The average Bonchev–Trinajstić information content (AvgIpc) is 1.60. The Morgan fingerprint density at radius 2 is 1.90 bits per heavy atom. The second-order valence-electron chi connectivity index (χ2n) is 1.41. The first-order chi connectivity index (χ1) is 4.34. The molecule has 0 heterocycles. The molecule has 7 heteroatoms. The molecule has 0 N–H and O–H groups in total. The fourth-order valence-electron chi connectivity index (χ4n) is 0.207. The Morgan fingerprint density at radius 3 is 2.00 bits per heavy atom. The van der Waals surface area contributed by atoms with Gasteiger partial charge in [0.05, 0.1) is 0 Å². The summed E-state index contributed by atoms with van der Waals surface area (Å²) in [6.07, 6.45) is 0. The Morgan fingerprint density at radius 1 is 1.50 bits per heavy atom. The Kier molecular flexibility index (Phi) is 3.35. The van der Waals surface area contributed by atoms with Crippen molar-refractivity contribution < 1.29 is 9.72 Å². The third kappa shape index (κ3) is 3.87. The number of nitro groups is 1. The van der Waals surface area contributed by atoms with Gasteiger partial charge in [-0.3, -0.25) is 14.9 Å². The molecule has 0 atom stereocenters. The molecule has 0 aromatic heterocycles. The van der Waals surface area contributed by atoms with Gasteiger partial charge in [-0.05, 0) is 0 Å². The first kappa shape index (κ1) is 9.94. The molecule has 0 aromatic rings. The van der Waals surface area contributed by atoms with Gasteiger partial charge in [-0.2, -0.15) is 0 Å². The number of hydrogen-bond acceptors (Lipinski definition) is 3. The lowest BCUT2D eigenvalue weighted by molar-refractivity contribution is -0.467. The number of halogens is 3. The lowest BCUT2D eigenvalue weighted by Gasteiger charge is -2.03. The van der Waals surface area contributed by atoms with Crippen LogP contribution in [0.5, 0.6) is 0 Å². The summed E-state index contributed by atoms with van der Waals surface area (Å²) in [7, 11) is 0. The van der Waals surface area contributed by atoms with Gasteiger partial charge in [0.2, 0.25) is 0 Å². The largest absolute Gasteiger partial charge is 0.287 e. The molecule has 0 saturated heterocycles. The number of alkyl halides is 3. The fourth-order valence-corrected chi connectivity index (χ4v) is 0.386. The van der Waals surface area contributed by atoms with Gasteiger partial charge in [-0.15, -0.1) is 0 Å². The minimum Gasteiger partial charge on any atom is -0.287 e. The highest BCUT2D eigenvalue weighted by molar-refractivity contribution is 6.76. The first-order valence-corrected chi connectivity index (χ1v) is 3.19. The number of hydrogen-bond donors (Lipinski definition) is 0. The number of carbonyl (C=O) groups is 1. The van der Waals surface area contributed by atoms with Gasteiger partial charge in [0, 0.05) is 4.92 Å². The highest BCUT2D eigenvalue weighted by Gasteiger charge is 2.33.